The number of ether oxygens (including phenoxy) is 4. The van der Waals surface area contributed by atoms with Crippen molar-refractivity contribution in [1.29, 1.82) is 0 Å². The number of rotatable bonds is 5. The zero-order valence-electron chi connectivity index (χ0n) is 13.4. The average molecular weight is 348 g/mol. The summed E-state index contributed by atoms with van der Waals surface area (Å²) in [6.45, 7) is 4.99. The Morgan fingerprint density at radius 2 is 1.43 bits per heavy atom. The van der Waals surface area contributed by atoms with Crippen molar-refractivity contribution in [2.24, 2.45) is 0 Å². The molecule has 1 aliphatic heterocycles. The summed E-state index contributed by atoms with van der Waals surface area (Å²) in [5.41, 5.74) is 0. The molecule has 4 atom stereocenters. The first-order chi connectivity index (χ1) is 10.7. The minimum atomic E-state index is -0.994. The molecule has 0 N–H and O–H groups in total. The van der Waals surface area contributed by atoms with Crippen molar-refractivity contribution in [1.82, 2.24) is 0 Å². The molecule has 9 heteroatoms. The topological polar surface area (TPSA) is 105 Å². The normalized spacial score (nSPS) is 27.0. The number of carbonyl (C=O) groups is 4. The van der Waals surface area contributed by atoms with Gasteiger partial charge in [-0.25, -0.2) is 0 Å². The van der Waals surface area contributed by atoms with Gasteiger partial charge in [0, 0.05) is 33.4 Å². The first-order valence-corrected chi connectivity index (χ1v) is 7.96. The smallest absolute Gasteiger partial charge is 0.303 e. The Labute approximate surface area is 138 Å². The molecule has 0 spiro atoms. The maximum absolute atomic E-state index is 11.4. The quantitative estimate of drug-likeness (QED) is 0.517. The molecule has 1 rings (SSSR count). The lowest BCUT2D eigenvalue weighted by Gasteiger charge is -2.40. The maximum atomic E-state index is 11.4. The summed E-state index contributed by atoms with van der Waals surface area (Å²) in [6.07, 6.45) is -3.52. The molecule has 0 aromatic carbocycles. The van der Waals surface area contributed by atoms with E-state index < -0.39 is 42.3 Å². The number of hydrogen-bond donors (Lipinski definition) is 0. The summed E-state index contributed by atoms with van der Waals surface area (Å²) in [4.78, 5) is 45.0. The Kier molecular flexibility index (Phi) is 7.50. The van der Waals surface area contributed by atoms with E-state index in [1.54, 1.807) is 0 Å². The Bertz CT molecular complexity index is 477. The minimum Gasteiger partial charge on any atom is -0.456 e. The van der Waals surface area contributed by atoms with Gasteiger partial charge in [-0.05, 0) is 0 Å². The van der Waals surface area contributed by atoms with Gasteiger partial charge in [0.2, 0.25) is 0 Å². The zero-order chi connectivity index (χ0) is 17.6. The molecule has 8 nitrogen and oxygen atoms in total. The molecule has 23 heavy (non-hydrogen) atoms. The summed E-state index contributed by atoms with van der Waals surface area (Å²) in [7, 11) is 0. The summed E-state index contributed by atoms with van der Waals surface area (Å²) in [5.74, 6) is -1.56. The minimum absolute atomic E-state index is 0.0293. The maximum Gasteiger partial charge on any atom is 0.303 e. The molecule has 0 bridgehead atoms. The van der Waals surface area contributed by atoms with Gasteiger partial charge in [0.15, 0.2) is 23.4 Å². The van der Waals surface area contributed by atoms with Gasteiger partial charge in [-0.2, -0.15) is 0 Å². The Morgan fingerprint density at radius 1 is 0.913 bits per heavy atom. The molecule has 0 radical (unpaired) electrons. The third kappa shape index (κ3) is 6.57. The van der Waals surface area contributed by atoms with Gasteiger partial charge >= 0.3 is 17.9 Å². The van der Waals surface area contributed by atoms with Crippen LogP contribution in [0.2, 0.25) is 0 Å². The number of hydrogen-bond acceptors (Lipinski definition) is 9. The Morgan fingerprint density at radius 3 is 1.91 bits per heavy atom. The van der Waals surface area contributed by atoms with Gasteiger partial charge in [-0.15, -0.1) is 0 Å². The van der Waals surface area contributed by atoms with Crippen molar-refractivity contribution >= 4 is 34.8 Å². The van der Waals surface area contributed by atoms with Gasteiger partial charge < -0.3 is 18.9 Å². The van der Waals surface area contributed by atoms with Gasteiger partial charge in [-0.1, -0.05) is 11.8 Å². The molecule has 1 saturated heterocycles. The van der Waals surface area contributed by atoms with Crippen molar-refractivity contribution < 1.29 is 38.1 Å². The van der Waals surface area contributed by atoms with Crippen LogP contribution in [-0.4, -0.2) is 59.8 Å². The van der Waals surface area contributed by atoms with Crippen molar-refractivity contribution in [2.75, 3.05) is 12.4 Å². The van der Waals surface area contributed by atoms with Gasteiger partial charge in [0.05, 0.1) is 6.61 Å². The van der Waals surface area contributed by atoms with Crippen LogP contribution in [0.15, 0.2) is 0 Å². The van der Waals surface area contributed by atoms with Crippen molar-refractivity contribution in [3.05, 3.63) is 0 Å². The largest absolute Gasteiger partial charge is 0.456 e. The van der Waals surface area contributed by atoms with Gasteiger partial charge in [0.25, 0.3) is 0 Å². The SMILES string of the molecule is CC(=O)O[C@H]1[C@H](OC(C)=O)[C@H](OC(C)=O)CO[C@H]1CSC(C)=O. The van der Waals surface area contributed by atoms with Crippen LogP contribution in [0.1, 0.15) is 27.7 Å². The first-order valence-electron chi connectivity index (χ1n) is 6.97. The Hall–Kier alpha value is -1.61. The summed E-state index contributed by atoms with van der Waals surface area (Å²) in [5, 5.41) is -0.124. The van der Waals surface area contributed by atoms with E-state index in [0.29, 0.717) is 0 Å². The van der Waals surface area contributed by atoms with Gasteiger partial charge in [-0.3, -0.25) is 19.2 Å². The number of thioether (sulfide) groups is 1. The molecule has 0 aromatic rings. The van der Waals surface area contributed by atoms with Gasteiger partial charge in [0.1, 0.15) is 6.10 Å². The van der Waals surface area contributed by atoms with Crippen LogP contribution in [-0.2, 0) is 38.1 Å². The lowest BCUT2D eigenvalue weighted by Crippen LogP contribution is -2.58. The lowest BCUT2D eigenvalue weighted by atomic mass is 10.00. The molecule has 130 valence electrons. The van der Waals surface area contributed by atoms with E-state index in [9.17, 15) is 19.2 Å². The summed E-state index contributed by atoms with van der Waals surface area (Å²) in [6, 6.07) is 0. The molecule has 0 aliphatic carbocycles. The second-order valence-electron chi connectivity index (χ2n) is 4.97. The number of carbonyl (C=O) groups excluding carboxylic acids is 4. The van der Waals surface area contributed by atoms with Crippen LogP contribution >= 0.6 is 11.8 Å². The van der Waals surface area contributed by atoms with Crippen LogP contribution in [0, 0.1) is 0 Å². The molecular weight excluding hydrogens is 328 g/mol. The molecule has 0 unspecified atom stereocenters. The molecule has 1 heterocycles. The second kappa shape index (κ2) is 8.88. The van der Waals surface area contributed by atoms with Crippen LogP contribution in [0.25, 0.3) is 0 Å². The molecule has 0 saturated carbocycles. The van der Waals surface area contributed by atoms with E-state index in [-0.39, 0.29) is 17.5 Å². The monoisotopic (exact) mass is 348 g/mol. The molecular formula is C14H20O8S. The van der Waals surface area contributed by atoms with E-state index in [4.69, 9.17) is 18.9 Å². The van der Waals surface area contributed by atoms with E-state index in [2.05, 4.69) is 0 Å². The standard InChI is InChI=1S/C14H20O8S/c1-7(15)20-11-5-19-12(6-23-10(4)18)14(22-9(3)17)13(11)21-8(2)16/h11-14H,5-6H2,1-4H3/t11-,12+,13-,14-/m1/s1. The third-order valence-electron chi connectivity index (χ3n) is 2.90. The molecule has 1 fully saturated rings. The van der Waals surface area contributed by atoms with E-state index in [1.807, 2.05) is 0 Å². The van der Waals surface area contributed by atoms with E-state index >= 15 is 0 Å². The highest BCUT2D eigenvalue weighted by atomic mass is 32.2. The second-order valence-corrected chi connectivity index (χ2v) is 6.17. The predicted octanol–water partition coefficient (Wildman–Crippen LogP) is 0.460. The number of esters is 3. The fraction of sp³-hybridized carbons (Fsp3) is 0.714. The highest BCUT2D eigenvalue weighted by molar-refractivity contribution is 8.13. The van der Waals surface area contributed by atoms with E-state index in [1.165, 1.54) is 27.7 Å². The summed E-state index contributed by atoms with van der Waals surface area (Å²) >= 11 is 1.00. The zero-order valence-corrected chi connectivity index (χ0v) is 14.2. The highest BCUT2D eigenvalue weighted by Crippen LogP contribution is 2.26. The van der Waals surface area contributed by atoms with Crippen molar-refractivity contribution in [2.45, 2.75) is 52.1 Å². The lowest BCUT2D eigenvalue weighted by molar-refractivity contribution is -0.222. The van der Waals surface area contributed by atoms with Crippen LogP contribution in [0.3, 0.4) is 0 Å². The van der Waals surface area contributed by atoms with Crippen molar-refractivity contribution in [3.63, 3.8) is 0 Å². The molecule has 0 aromatic heterocycles. The molecule has 0 amide bonds. The third-order valence-corrected chi connectivity index (χ3v) is 3.81. The van der Waals surface area contributed by atoms with Crippen molar-refractivity contribution in [3.8, 4) is 0 Å². The molecule has 1 aliphatic rings. The average Bonchev–Trinajstić information content (AvgIpc) is 2.39. The first kappa shape index (κ1) is 19.4. The summed E-state index contributed by atoms with van der Waals surface area (Å²) < 4.78 is 21.0. The fourth-order valence-corrected chi connectivity index (χ4v) is 2.84. The Balaban J connectivity index is 2.98. The van der Waals surface area contributed by atoms with Crippen LogP contribution < -0.4 is 0 Å². The fourth-order valence-electron chi connectivity index (χ4n) is 2.16. The highest BCUT2D eigenvalue weighted by Gasteiger charge is 2.46. The van der Waals surface area contributed by atoms with E-state index in [0.717, 1.165) is 11.8 Å². The van der Waals surface area contributed by atoms with Crippen LogP contribution in [0.4, 0.5) is 0 Å². The van der Waals surface area contributed by atoms with Crippen LogP contribution in [0.5, 0.6) is 0 Å². The predicted molar refractivity (Wildman–Crippen MR) is 79.5 cm³/mol.